The van der Waals surface area contributed by atoms with Gasteiger partial charge in [0.2, 0.25) is 5.90 Å². The Labute approximate surface area is 188 Å². The number of nitro groups is 1. The van der Waals surface area contributed by atoms with E-state index in [1.807, 2.05) is 13.8 Å². The maximum absolute atomic E-state index is 12.3. The Kier molecular flexibility index (Phi) is 7.14. The van der Waals surface area contributed by atoms with Crippen molar-refractivity contribution in [1.82, 2.24) is 0 Å². The van der Waals surface area contributed by atoms with Crippen LogP contribution < -0.4 is 9.47 Å². The Morgan fingerprint density at radius 1 is 1.16 bits per heavy atom. The number of rotatable bonds is 8. The molecule has 0 amide bonds. The number of carbonyl (C=O) groups excluding carboxylic acids is 1. The van der Waals surface area contributed by atoms with Gasteiger partial charge in [0.25, 0.3) is 5.69 Å². The van der Waals surface area contributed by atoms with Crippen molar-refractivity contribution < 1.29 is 23.9 Å². The summed E-state index contributed by atoms with van der Waals surface area (Å²) in [6.45, 7) is 4.70. The molecule has 0 radical (unpaired) electrons. The molecule has 1 aliphatic heterocycles. The summed E-state index contributed by atoms with van der Waals surface area (Å²) in [6, 6.07) is 7.11. The lowest BCUT2D eigenvalue weighted by Gasteiger charge is -2.14. The molecule has 31 heavy (non-hydrogen) atoms. The van der Waals surface area contributed by atoms with Crippen molar-refractivity contribution in [2.45, 2.75) is 20.3 Å². The van der Waals surface area contributed by atoms with Crippen LogP contribution in [0.3, 0.4) is 0 Å². The molecule has 8 nitrogen and oxygen atoms in total. The number of cyclic esters (lactones) is 1. The molecule has 2 aromatic rings. The van der Waals surface area contributed by atoms with Gasteiger partial charge in [0.15, 0.2) is 17.2 Å². The zero-order valence-corrected chi connectivity index (χ0v) is 18.2. The van der Waals surface area contributed by atoms with Crippen LogP contribution in [0.5, 0.6) is 11.5 Å². The summed E-state index contributed by atoms with van der Waals surface area (Å²) in [7, 11) is 0. The molecule has 0 bridgehead atoms. The Hall–Kier alpha value is -3.10. The van der Waals surface area contributed by atoms with E-state index in [2.05, 4.69) is 4.99 Å². The van der Waals surface area contributed by atoms with Crippen LogP contribution in [0.15, 0.2) is 41.0 Å². The van der Waals surface area contributed by atoms with Gasteiger partial charge in [0.1, 0.15) is 0 Å². The van der Waals surface area contributed by atoms with Gasteiger partial charge in [0, 0.05) is 12.1 Å². The molecule has 0 spiro atoms. The lowest BCUT2D eigenvalue weighted by molar-refractivity contribution is -0.384. The van der Waals surface area contributed by atoms with E-state index < -0.39 is 10.9 Å². The lowest BCUT2D eigenvalue weighted by atomic mass is 10.1. The van der Waals surface area contributed by atoms with E-state index >= 15 is 0 Å². The molecule has 0 fully saturated rings. The van der Waals surface area contributed by atoms with E-state index in [4.69, 9.17) is 37.4 Å². The number of nitrogens with zero attached hydrogens (tertiary/aromatic N) is 2. The predicted molar refractivity (Wildman–Crippen MR) is 117 cm³/mol. The number of ether oxygens (including phenoxy) is 3. The summed E-state index contributed by atoms with van der Waals surface area (Å²) in [6.07, 6.45) is 2.30. The summed E-state index contributed by atoms with van der Waals surface area (Å²) in [5.74, 6) is 0.146. The van der Waals surface area contributed by atoms with Gasteiger partial charge in [0.05, 0.1) is 33.7 Å². The monoisotopic (exact) mass is 464 g/mol. The highest BCUT2D eigenvalue weighted by Gasteiger charge is 2.27. The minimum absolute atomic E-state index is 0.0187. The van der Waals surface area contributed by atoms with E-state index in [-0.39, 0.29) is 27.9 Å². The maximum atomic E-state index is 12.3. The number of carbonyl (C=O) groups is 1. The third-order valence-electron chi connectivity index (χ3n) is 4.10. The number of benzene rings is 2. The molecule has 162 valence electrons. The van der Waals surface area contributed by atoms with Gasteiger partial charge in [-0.3, -0.25) is 10.1 Å². The Morgan fingerprint density at radius 2 is 1.94 bits per heavy atom. The second kappa shape index (κ2) is 9.80. The average molecular weight is 465 g/mol. The zero-order valence-electron chi connectivity index (χ0n) is 16.7. The first kappa shape index (κ1) is 22.6. The zero-order chi connectivity index (χ0) is 22.5. The molecule has 0 N–H and O–H groups in total. The SMILES string of the molecule is CCCOc1c(Cl)cc(/C=C2\N=C(c3ccc([N+](=O)[O-])cc3Cl)OC2=O)cc1OCC. The Morgan fingerprint density at radius 3 is 2.58 bits per heavy atom. The highest BCUT2D eigenvalue weighted by Crippen LogP contribution is 2.38. The van der Waals surface area contributed by atoms with Crippen LogP contribution in [-0.2, 0) is 9.53 Å². The van der Waals surface area contributed by atoms with Gasteiger partial charge < -0.3 is 14.2 Å². The standard InChI is InChI=1S/C21H18Cl2N2O6/c1-3-7-30-19-16(23)8-12(10-18(19)29-4-2)9-17-21(26)31-20(24-17)14-6-5-13(25(27)28)11-15(14)22/h5-6,8-11H,3-4,7H2,1-2H3/b17-9-. The van der Waals surface area contributed by atoms with Crippen molar-refractivity contribution in [3.8, 4) is 11.5 Å². The summed E-state index contributed by atoms with van der Waals surface area (Å²) in [5, 5.41) is 11.2. The summed E-state index contributed by atoms with van der Waals surface area (Å²) in [5.41, 5.74) is 0.660. The number of hydrogen-bond donors (Lipinski definition) is 0. The fourth-order valence-corrected chi connectivity index (χ4v) is 3.28. The van der Waals surface area contributed by atoms with Gasteiger partial charge in [-0.1, -0.05) is 30.1 Å². The van der Waals surface area contributed by atoms with Crippen LogP contribution in [0, 0.1) is 10.1 Å². The largest absolute Gasteiger partial charge is 0.490 e. The second-order valence-electron chi connectivity index (χ2n) is 6.37. The van der Waals surface area contributed by atoms with Crippen molar-refractivity contribution in [2.24, 2.45) is 4.99 Å². The van der Waals surface area contributed by atoms with Gasteiger partial charge in [-0.25, -0.2) is 9.79 Å². The van der Waals surface area contributed by atoms with Gasteiger partial charge in [-0.2, -0.15) is 0 Å². The molecule has 3 rings (SSSR count). The average Bonchev–Trinajstić information content (AvgIpc) is 3.07. The van der Waals surface area contributed by atoms with Crippen LogP contribution in [-0.4, -0.2) is 30.0 Å². The fraction of sp³-hybridized carbons (Fsp3) is 0.238. The number of esters is 1. The first-order chi connectivity index (χ1) is 14.8. The highest BCUT2D eigenvalue weighted by molar-refractivity contribution is 6.35. The van der Waals surface area contributed by atoms with Gasteiger partial charge in [-0.15, -0.1) is 0 Å². The van der Waals surface area contributed by atoms with Crippen molar-refractivity contribution >= 4 is 46.8 Å². The van der Waals surface area contributed by atoms with Gasteiger partial charge in [-0.05, 0) is 43.2 Å². The first-order valence-electron chi connectivity index (χ1n) is 9.40. The number of nitro benzene ring substituents is 1. The molecule has 2 aromatic carbocycles. The molecule has 0 atom stereocenters. The van der Waals surface area contributed by atoms with Crippen LogP contribution in [0.25, 0.3) is 6.08 Å². The third-order valence-corrected chi connectivity index (χ3v) is 4.69. The summed E-state index contributed by atoms with van der Waals surface area (Å²) >= 11 is 12.5. The molecular formula is C21H18Cl2N2O6. The van der Waals surface area contributed by atoms with Gasteiger partial charge >= 0.3 is 5.97 Å². The van der Waals surface area contributed by atoms with Crippen molar-refractivity contribution in [3.63, 3.8) is 0 Å². The lowest BCUT2D eigenvalue weighted by Crippen LogP contribution is -2.06. The molecule has 1 heterocycles. The summed E-state index contributed by atoms with van der Waals surface area (Å²) in [4.78, 5) is 26.8. The second-order valence-corrected chi connectivity index (χ2v) is 7.18. The third kappa shape index (κ3) is 5.15. The van der Waals surface area contributed by atoms with Crippen molar-refractivity contribution in [1.29, 1.82) is 0 Å². The minimum atomic E-state index is -0.690. The molecular weight excluding hydrogens is 447 g/mol. The highest BCUT2D eigenvalue weighted by atomic mass is 35.5. The minimum Gasteiger partial charge on any atom is -0.490 e. The molecule has 0 saturated heterocycles. The molecule has 0 saturated carbocycles. The number of non-ortho nitro benzene ring substituents is 1. The van der Waals surface area contributed by atoms with Crippen LogP contribution >= 0.6 is 23.2 Å². The van der Waals surface area contributed by atoms with Crippen molar-refractivity contribution in [3.05, 3.63) is 67.3 Å². The van der Waals surface area contributed by atoms with E-state index in [9.17, 15) is 14.9 Å². The molecule has 1 aliphatic rings. The van der Waals surface area contributed by atoms with E-state index in [1.54, 1.807) is 12.1 Å². The number of aliphatic imine (C=N–C) groups is 1. The smallest absolute Gasteiger partial charge is 0.363 e. The van der Waals surface area contributed by atoms with E-state index in [0.29, 0.717) is 35.3 Å². The fourth-order valence-electron chi connectivity index (χ4n) is 2.75. The number of halogens is 2. The van der Waals surface area contributed by atoms with Crippen molar-refractivity contribution in [2.75, 3.05) is 13.2 Å². The predicted octanol–water partition coefficient (Wildman–Crippen LogP) is 5.43. The Balaban J connectivity index is 1.95. The number of hydrogen-bond acceptors (Lipinski definition) is 7. The molecule has 0 aromatic heterocycles. The van der Waals surface area contributed by atoms with Crippen LogP contribution in [0.1, 0.15) is 31.4 Å². The molecule has 0 aliphatic carbocycles. The molecule has 0 unspecified atom stereocenters. The maximum Gasteiger partial charge on any atom is 0.363 e. The van der Waals surface area contributed by atoms with E-state index in [1.165, 1.54) is 18.2 Å². The first-order valence-corrected chi connectivity index (χ1v) is 10.2. The quantitative estimate of drug-likeness (QED) is 0.223. The summed E-state index contributed by atoms with van der Waals surface area (Å²) < 4.78 is 16.5. The molecule has 10 heteroatoms. The van der Waals surface area contributed by atoms with Crippen LogP contribution in [0.2, 0.25) is 10.0 Å². The topological polar surface area (TPSA) is 100 Å². The Bertz CT molecular complexity index is 1100. The normalized spacial score (nSPS) is 14.4. The van der Waals surface area contributed by atoms with E-state index in [0.717, 1.165) is 12.5 Å². The van der Waals surface area contributed by atoms with Crippen LogP contribution in [0.4, 0.5) is 5.69 Å².